The molecular weight excluding hydrogens is 345 g/mol. The van der Waals surface area contributed by atoms with Gasteiger partial charge in [0.05, 0.1) is 21.8 Å². The van der Waals surface area contributed by atoms with Gasteiger partial charge in [-0.1, -0.05) is 11.6 Å². The van der Waals surface area contributed by atoms with Crippen LogP contribution in [0.5, 0.6) is 0 Å². The Labute approximate surface area is 143 Å². The number of nitrogens with one attached hydrogen (secondary N) is 2. The molecule has 3 rings (SSSR count). The molecule has 1 aromatic carbocycles. The van der Waals surface area contributed by atoms with Crippen LogP contribution >= 0.6 is 35.3 Å². The van der Waals surface area contributed by atoms with Crippen LogP contribution in [0, 0.1) is 0 Å². The first-order chi connectivity index (χ1) is 10.2. The second kappa shape index (κ2) is 8.08. The van der Waals surface area contributed by atoms with Crippen LogP contribution in [-0.4, -0.2) is 43.2 Å². The van der Waals surface area contributed by atoms with Crippen molar-refractivity contribution in [3.05, 3.63) is 28.2 Å². The Kier molecular flexibility index (Phi) is 6.40. The monoisotopic (exact) mass is 361 g/mol. The van der Waals surface area contributed by atoms with E-state index in [1.165, 1.54) is 0 Å². The smallest absolute Gasteiger partial charge is 0.250 e. The molecule has 0 aliphatic carbocycles. The summed E-state index contributed by atoms with van der Waals surface area (Å²) in [7, 11) is 0. The standard InChI is InChI=1S/C14H16ClN3O2S.ClH/c15-9-1-2-12-10(7-9)18-13(21-12)3-4-17-14(19)11-8-16-5-6-20-11;/h1-2,7,11,16H,3-6,8H2,(H,17,19);1H. The second-order valence-electron chi connectivity index (χ2n) is 4.82. The number of amides is 1. The third-order valence-corrected chi connectivity index (χ3v) is 4.58. The van der Waals surface area contributed by atoms with E-state index in [0.717, 1.165) is 21.8 Å². The first-order valence-electron chi connectivity index (χ1n) is 6.87. The topological polar surface area (TPSA) is 63.2 Å². The predicted octanol–water partition coefficient (Wildman–Crippen LogP) is 2.02. The fourth-order valence-corrected chi connectivity index (χ4v) is 3.31. The van der Waals surface area contributed by atoms with Crippen molar-refractivity contribution in [2.75, 3.05) is 26.2 Å². The van der Waals surface area contributed by atoms with Gasteiger partial charge in [-0.3, -0.25) is 4.79 Å². The highest BCUT2D eigenvalue weighted by atomic mass is 35.5. The molecule has 2 N–H and O–H groups in total. The van der Waals surface area contributed by atoms with Crippen LogP contribution in [0.2, 0.25) is 5.02 Å². The van der Waals surface area contributed by atoms with E-state index in [1.807, 2.05) is 18.2 Å². The molecule has 120 valence electrons. The Morgan fingerprint density at radius 2 is 2.41 bits per heavy atom. The lowest BCUT2D eigenvalue weighted by atomic mass is 10.3. The van der Waals surface area contributed by atoms with Crippen LogP contribution in [0.1, 0.15) is 5.01 Å². The highest BCUT2D eigenvalue weighted by Gasteiger charge is 2.21. The van der Waals surface area contributed by atoms with E-state index >= 15 is 0 Å². The Bertz CT molecular complexity index is 644. The summed E-state index contributed by atoms with van der Waals surface area (Å²) in [6.45, 7) is 2.52. The van der Waals surface area contributed by atoms with Gasteiger partial charge in [0, 0.05) is 31.1 Å². The van der Waals surface area contributed by atoms with Gasteiger partial charge in [-0.15, -0.1) is 23.7 Å². The zero-order valence-electron chi connectivity index (χ0n) is 11.8. The molecule has 0 saturated carbocycles. The number of nitrogens with zero attached hydrogens (tertiary/aromatic N) is 1. The number of morpholine rings is 1. The van der Waals surface area contributed by atoms with Crippen molar-refractivity contribution >= 4 is 51.5 Å². The summed E-state index contributed by atoms with van der Waals surface area (Å²) in [5.41, 5.74) is 0.911. The fourth-order valence-electron chi connectivity index (χ4n) is 2.20. The van der Waals surface area contributed by atoms with Gasteiger partial charge in [0.25, 0.3) is 0 Å². The van der Waals surface area contributed by atoms with E-state index in [0.29, 0.717) is 31.1 Å². The summed E-state index contributed by atoms with van der Waals surface area (Å²) in [5, 5.41) is 7.72. The Morgan fingerprint density at radius 1 is 1.55 bits per heavy atom. The van der Waals surface area contributed by atoms with Crippen molar-refractivity contribution in [3.8, 4) is 0 Å². The number of fused-ring (bicyclic) bond motifs is 1. The van der Waals surface area contributed by atoms with Crippen molar-refractivity contribution in [3.63, 3.8) is 0 Å². The number of thiazole rings is 1. The van der Waals surface area contributed by atoms with Gasteiger partial charge < -0.3 is 15.4 Å². The molecule has 1 unspecified atom stereocenters. The van der Waals surface area contributed by atoms with Gasteiger partial charge in [0.2, 0.25) is 5.91 Å². The number of carbonyl (C=O) groups excluding carboxylic acids is 1. The van der Waals surface area contributed by atoms with E-state index in [9.17, 15) is 4.79 Å². The van der Waals surface area contributed by atoms with Crippen molar-refractivity contribution in [1.82, 2.24) is 15.6 Å². The van der Waals surface area contributed by atoms with E-state index in [-0.39, 0.29) is 24.4 Å². The summed E-state index contributed by atoms with van der Waals surface area (Å²) in [5.74, 6) is -0.0636. The van der Waals surface area contributed by atoms with E-state index in [1.54, 1.807) is 11.3 Å². The minimum atomic E-state index is -0.382. The van der Waals surface area contributed by atoms with Gasteiger partial charge in [-0.25, -0.2) is 4.98 Å². The number of ether oxygens (including phenoxy) is 1. The minimum Gasteiger partial charge on any atom is -0.366 e. The molecule has 0 spiro atoms. The molecular formula is C14H17Cl2N3O2S. The third-order valence-electron chi connectivity index (χ3n) is 3.25. The maximum absolute atomic E-state index is 11.9. The van der Waals surface area contributed by atoms with Crippen molar-refractivity contribution in [2.24, 2.45) is 0 Å². The maximum atomic E-state index is 11.9. The number of halogens is 2. The Balaban J connectivity index is 0.00000176. The van der Waals surface area contributed by atoms with Crippen LogP contribution in [0.4, 0.5) is 0 Å². The molecule has 1 atom stereocenters. The largest absolute Gasteiger partial charge is 0.366 e. The third kappa shape index (κ3) is 4.30. The predicted molar refractivity (Wildman–Crippen MR) is 91.2 cm³/mol. The van der Waals surface area contributed by atoms with Crippen LogP contribution in [-0.2, 0) is 16.0 Å². The highest BCUT2D eigenvalue weighted by Crippen LogP contribution is 2.24. The van der Waals surface area contributed by atoms with E-state index < -0.39 is 0 Å². The summed E-state index contributed by atoms with van der Waals surface area (Å²) < 4.78 is 6.51. The molecule has 0 bridgehead atoms. The van der Waals surface area contributed by atoms with Crippen LogP contribution in [0.15, 0.2) is 18.2 Å². The molecule has 8 heteroatoms. The van der Waals surface area contributed by atoms with Crippen LogP contribution in [0.25, 0.3) is 10.2 Å². The minimum absolute atomic E-state index is 0. The van der Waals surface area contributed by atoms with Gasteiger partial charge in [-0.2, -0.15) is 0 Å². The highest BCUT2D eigenvalue weighted by molar-refractivity contribution is 7.18. The number of hydrogen-bond donors (Lipinski definition) is 2. The lowest BCUT2D eigenvalue weighted by Gasteiger charge is -2.22. The molecule has 1 saturated heterocycles. The van der Waals surface area contributed by atoms with E-state index in [4.69, 9.17) is 16.3 Å². The SMILES string of the molecule is Cl.O=C(NCCc1nc2cc(Cl)ccc2s1)C1CNCCO1. The first-order valence-corrected chi connectivity index (χ1v) is 8.07. The van der Waals surface area contributed by atoms with Crippen molar-refractivity contribution in [1.29, 1.82) is 0 Å². The molecule has 1 aromatic heterocycles. The number of aromatic nitrogens is 1. The maximum Gasteiger partial charge on any atom is 0.250 e. The zero-order chi connectivity index (χ0) is 14.7. The molecule has 2 aromatic rings. The summed E-state index contributed by atoms with van der Waals surface area (Å²) in [4.78, 5) is 16.4. The van der Waals surface area contributed by atoms with Crippen LogP contribution in [0.3, 0.4) is 0 Å². The number of benzene rings is 1. The second-order valence-corrected chi connectivity index (χ2v) is 6.38. The summed E-state index contributed by atoms with van der Waals surface area (Å²) in [6.07, 6.45) is 0.330. The van der Waals surface area contributed by atoms with Crippen molar-refractivity contribution in [2.45, 2.75) is 12.5 Å². The van der Waals surface area contributed by atoms with Crippen LogP contribution < -0.4 is 10.6 Å². The molecule has 22 heavy (non-hydrogen) atoms. The molecule has 5 nitrogen and oxygen atoms in total. The van der Waals surface area contributed by atoms with Gasteiger partial charge in [0.15, 0.2) is 0 Å². The fraction of sp³-hybridized carbons (Fsp3) is 0.429. The molecule has 1 amide bonds. The molecule has 1 aliphatic heterocycles. The summed E-state index contributed by atoms with van der Waals surface area (Å²) in [6, 6.07) is 5.69. The van der Waals surface area contributed by atoms with Gasteiger partial charge in [-0.05, 0) is 18.2 Å². The number of carbonyl (C=O) groups is 1. The summed E-state index contributed by atoms with van der Waals surface area (Å²) >= 11 is 7.58. The number of hydrogen-bond acceptors (Lipinski definition) is 5. The molecule has 1 aliphatic rings. The van der Waals surface area contributed by atoms with Gasteiger partial charge in [0.1, 0.15) is 6.10 Å². The average molecular weight is 362 g/mol. The number of rotatable bonds is 4. The quantitative estimate of drug-likeness (QED) is 0.874. The van der Waals surface area contributed by atoms with Crippen molar-refractivity contribution < 1.29 is 9.53 Å². The first kappa shape index (κ1) is 17.4. The van der Waals surface area contributed by atoms with Gasteiger partial charge >= 0.3 is 0 Å². The zero-order valence-corrected chi connectivity index (χ0v) is 14.2. The Hall–Kier alpha value is -0.920. The molecule has 1 fully saturated rings. The molecule has 0 radical (unpaired) electrons. The lowest BCUT2D eigenvalue weighted by Crippen LogP contribution is -2.48. The van der Waals surface area contributed by atoms with E-state index in [2.05, 4.69) is 15.6 Å². The normalized spacial score (nSPS) is 18.0. The average Bonchev–Trinajstić information content (AvgIpc) is 2.89. The lowest BCUT2D eigenvalue weighted by molar-refractivity contribution is -0.134. The molecule has 2 heterocycles. The Morgan fingerprint density at radius 3 is 3.18 bits per heavy atom.